The van der Waals surface area contributed by atoms with Crippen LogP contribution in [0.15, 0.2) is 65.2 Å². The Kier molecular flexibility index (Phi) is 5.02. The predicted octanol–water partition coefficient (Wildman–Crippen LogP) is 4.46. The average Bonchev–Trinajstić information content (AvgIpc) is 3.16. The van der Waals surface area contributed by atoms with E-state index in [1.54, 1.807) is 19.1 Å². The number of hydrogen-bond donors (Lipinski definition) is 0. The lowest BCUT2D eigenvalue weighted by Gasteiger charge is -2.17. The second kappa shape index (κ2) is 7.55. The predicted molar refractivity (Wildman–Crippen MR) is 98.1 cm³/mol. The van der Waals surface area contributed by atoms with Crippen LogP contribution in [0.2, 0.25) is 0 Å². The fourth-order valence-electron chi connectivity index (χ4n) is 2.99. The number of anilines is 1. The summed E-state index contributed by atoms with van der Waals surface area (Å²) in [6.07, 6.45) is 9.77. The van der Waals surface area contributed by atoms with E-state index in [2.05, 4.69) is 29.2 Å². The standard InChI is InChI=1S/C21H19N3O/c1-16-12-18(19(14-22)15-23)13-21(25-16)9-6-17-4-7-20(8-5-17)24-10-2-3-11-24/h4-9,12-13H,2-3,10-11H2,1H3. The van der Waals surface area contributed by atoms with Crippen LogP contribution in [0.1, 0.15) is 25.3 Å². The van der Waals surface area contributed by atoms with E-state index in [0.717, 1.165) is 18.7 Å². The molecular formula is C21H19N3O. The quantitative estimate of drug-likeness (QED) is 0.768. The zero-order valence-corrected chi connectivity index (χ0v) is 14.2. The third kappa shape index (κ3) is 4.00. The molecule has 4 heteroatoms. The highest BCUT2D eigenvalue weighted by molar-refractivity contribution is 5.59. The Bertz CT molecular complexity index is 836. The van der Waals surface area contributed by atoms with E-state index in [1.165, 1.54) is 18.5 Å². The minimum absolute atomic E-state index is 0.0866. The summed E-state index contributed by atoms with van der Waals surface area (Å²) in [4.78, 5) is 2.40. The molecule has 25 heavy (non-hydrogen) atoms. The molecule has 1 fully saturated rings. The molecule has 0 bridgehead atoms. The summed E-state index contributed by atoms with van der Waals surface area (Å²) < 4.78 is 5.66. The summed E-state index contributed by atoms with van der Waals surface area (Å²) in [6.45, 7) is 4.07. The molecule has 0 aromatic heterocycles. The summed E-state index contributed by atoms with van der Waals surface area (Å²) in [7, 11) is 0. The number of rotatable bonds is 3. The van der Waals surface area contributed by atoms with Crippen LogP contribution in [0, 0.1) is 22.7 Å². The normalized spacial score (nSPS) is 16.8. The van der Waals surface area contributed by atoms with Crippen molar-refractivity contribution < 1.29 is 4.74 Å². The summed E-state index contributed by atoms with van der Waals surface area (Å²) in [5, 5.41) is 18.0. The molecule has 3 rings (SSSR count). The molecule has 0 atom stereocenters. The smallest absolute Gasteiger partial charge is 0.137 e. The van der Waals surface area contributed by atoms with Crippen LogP contribution in [0.3, 0.4) is 0 Å². The van der Waals surface area contributed by atoms with Gasteiger partial charge in [-0.3, -0.25) is 0 Å². The molecule has 0 saturated carbocycles. The second-order valence-corrected chi connectivity index (χ2v) is 6.08. The highest BCUT2D eigenvalue weighted by Gasteiger charge is 2.12. The largest absolute Gasteiger partial charge is 0.462 e. The number of nitriles is 2. The number of allylic oxidation sites excluding steroid dienone is 6. The molecule has 1 aromatic rings. The third-order valence-corrected chi connectivity index (χ3v) is 4.25. The molecule has 0 N–H and O–H groups in total. The third-order valence-electron chi connectivity index (χ3n) is 4.25. The van der Waals surface area contributed by atoms with Gasteiger partial charge in [-0.25, -0.2) is 0 Å². The van der Waals surface area contributed by atoms with Crippen LogP contribution < -0.4 is 4.90 Å². The van der Waals surface area contributed by atoms with Gasteiger partial charge in [-0.05, 0) is 55.7 Å². The van der Waals surface area contributed by atoms with Gasteiger partial charge in [-0.2, -0.15) is 10.5 Å². The van der Waals surface area contributed by atoms with E-state index in [4.69, 9.17) is 15.3 Å². The van der Waals surface area contributed by atoms with E-state index in [1.807, 2.05) is 24.3 Å². The lowest BCUT2D eigenvalue weighted by atomic mass is 10.1. The van der Waals surface area contributed by atoms with Gasteiger partial charge >= 0.3 is 0 Å². The van der Waals surface area contributed by atoms with E-state index in [-0.39, 0.29) is 5.57 Å². The Labute approximate surface area is 148 Å². The zero-order chi connectivity index (χ0) is 17.6. The van der Waals surface area contributed by atoms with E-state index < -0.39 is 0 Å². The molecule has 4 nitrogen and oxygen atoms in total. The number of ether oxygens (including phenoxy) is 1. The summed E-state index contributed by atoms with van der Waals surface area (Å²) in [6, 6.07) is 12.3. The van der Waals surface area contributed by atoms with Crippen LogP contribution in [-0.4, -0.2) is 13.1 Å². The van der Waals surface area contributed by atoms with Crippen molar-refractivity contribution in [1.82, 2.24) is 0 Å². The van der Waals surface area contributed by atoms with Gasteiger partial charge in [0, 0.05) is 24.4 Å². The van der Waals surface area contributed by atoms with Crippen molar-refractivity contribution in [3.63, 3.8) is 0 Å². The maximum atomic E-state index is 9.02. The zero-order valence-electron chi connectivity index (χ0n) is 14.2. The van der Waals surface area contributed by atoms with Crippen LogP contribution in [-0.2, 0) is 4.74 Å². The summed E-state index contributed by atoms with van der Waals surface area (Å²) in [5.41, 5.74) is 3.01. The molecule has 0 spiro atoms. The number of nitrogens with zero attached hydrogens (tertiary/aromatic N) is 3. The Hall–Kier alpha value is -3.24. The SMILES string of the molecule is CC1=CC(=C(C#N)C#N)C=C(C=Cc2ccc(N3CCCC3)cc2)O1. The molecule has 0 amide bonds. The molecule has 1 saturated heterocycles. The fraction of sp³-hybridized carbons (Fsp3) is 0.238. The van der Waals surface area contributed by atoms with E-state index >= 15 is 0 Å². The highest BCUT2D eigenvalue weighted by atomic mass is 16.5. The van der Waals surface area contributed by atoms with Crippen molar-refractivity contribution in [3.8, 4) is 12.1 Å². The van der Waals surface area contributed by atoms with Crippen molar-refractivity contribution >= 4 is 11.8 Å². The molecule has 0 radical (unpaired) electrons. The molecule has 1 aromatic carbocycles. The molecule has 2 heterocycles. The average molecular weight is 329 g/mol. The maximum absolute atomic E-state index is 9.02. The van der Waals surface area contributed by atoms with Crippen molar-refractivity contribution in [2.24, 2.45) is 0 Å². The van der Waals surface area contributed by atoms with Crippen molar-refractivity contribution in [2.75, 3.05) is 18.0 Å². The Morgan fingerprint density at radius 2 is 1.72 bits per heavy atom. The minimum Gasteiger partial charge on any atom is -0.462 e. The first kappa shape index (κ1) is 16.6. The second-order valence-electron chi connectivity index (χ2n) is 6.08. The van der Waals surface area contributed by atoms with Gasteiger partial charge < -0.3 is 9.64 Å². The van der Waals surface area contributed by atoms with Gasteiger partial charge in [-0.15, -0.1) is 0 Å². The monoisotopic (exact) mass is 329 g/mol. The molecule has 2 aliphatic heterocycles. The van der Waals surface area contributed by atoms with Crippen molar-refractivity contribution in [2.45, 2.75) is 19.8 Å². The summed E-state index contributed by atoms with van der Waals surface area (Å²) >= 11 is 0. The summed E-state index contributed by atoms with van der Waals surface area (Å²) in [5.74, 6) is 1.27. The Morgan fingerprint density at radius 3 is 2.36 bits per heavy atom. The Morgan fingerprint density at radius 1 is 1.04 bits per heavy atom. The van der Waals surface area contributed by atoms with Crippen LogP contribution >= 0.6 is 0 Å². The number of benzene rings is 1. The lowest BCUT2D eigenvalue weighted by molar-refractivity contribution is 0.318. The Balaban J connectivity index is 1.76. The highest BCUT2D eigenvalue weighted by Crippen LogP contribution is 2.24. The maximum Gasteiger partial charge on any atom is 0.137 e. The molecular weight excluding hydrogens is 310 g/mol. The first-order valence-corrected chi connectivity index (χ1v) is 8.35. The van der Waals surface area contributed by atoms with Crippen molar-refractivity contribution in [1.29, 1.82) is 10.5 Å². The van der Waals surface area contributed by atoms with Crippen LogP contribution in [0.5, 0.6) is 0 Å². The van der Waals surface area contributed by atoms with Crippen LogP contribution in [0.25, 0.3) is 6.08 Å². The van der Waals surface area contributed by atoms with Crippen LogP contribution in [0.4, 0.5) is 5.69 Å². The first-order chi connectivity index (χ1) is 12.2. The molecule has 0 aliphatic carbocycles. The molecule has 124 valence electrons. The number of hydrogen-bond acceptors (Lipinski definition) is 4. The molecule has 0 unspecified atom stereocenters. The molecule has 2 aliphatic rings. The lowest BCUT2D eigenvalue weighted by Crippen LogP contribution is -2.17. The minimum atomic E-state index is 0.0866. The first-order valence-electron chi connectivity index (χ1n) is 8.35. The van der Waals surface area contributed by atoms with Gasteiger partial charge in [-0.1, -0.05) is 18.2 Å². The fourth-order valence-corrected chi connectivity index (χ4v) is 2.99. The van der Waals surface area contributed by atoms with Gasteiger partial charge in [0.05, 0.1) is 0 Å². The van der Waals surface area contributed by atoms with Gasteiger partial charge in [0.25, 0.3) is 0 Å². The van der Waals surface area contributed by atoms with E-state index in [9.17, 15) is 0 Å². The topological polar surface area (TPSA) is 60.0 Å². The van der Waals surface area contributed by atoms with Gasteiger partial charge in [0.2, 0.25) is 0 Å². The van der Waals surface area contributed by atoms with E-state index in [0.29, 0.717) is 17.1 Å². The van der Waals surface area contributed by atoms with Crippen molar-refractivity contribution in [3.05, 3.63) is 70.7 Å². The van der Waals surface area contributed by atoms with Gasteiger partial charge in [0.1, 0.15) is 29.2 Å². The van der Waals surface area contributed by atoms with Gasteiger partial charge in [0.15, 0.2) is 0 Å².